The minimum atomic E-state index is -4.48. The number of carbonyl (C=O) groups excluding carboxylic acids is 1. The molecule has 1 amide bonds. The Hall–Kier alpha value is -2.33. The highest BCUT2D eigenvalue weighted by molar-refractivity contribution is 9.10. The summed E-state index contributed by atoms with van der Waals surface area (Å²) >= 11 is 3.48. The van der Waals surface area contributed by atoms with Gasteiger partial charge in [-0.3, -0.25) is 4.90 Å². The van der Waals surface area contributed by atoms with Gasteiger partial charge in [0.1, 0.15) is 11.9 Å². The molecule has 3 heterocycles. The van der Waals surface area contributed by atoms with E-state index in [1.165, 1.54) is 0 Å². The summed E-state index contributed by atoms with van der Waals surface area (Å²) in [4.78, 5) is 21.4. The number of halogens is 4. The fraction of sp³-hybridized carbons (Fsp3) is 0.520. The van der Waals surface area contributed by atoms with Crippen LogP contribution in [0.2, 0.25) is 0 Å². The molecule has 35 heavy (non-hydrogen) atoms. The zero-order valence-electron chi connectivity index (χ0n) is 19.9. The molecule has 2 aliphatic rings. The van der Waals surface area contributed by atoms with Gasteiger partial charge in [0.15, 0.2) is 0 Å². The standard InChI is InChI=1S/C25H29BrF3N3O3/c1-4-31(21-5-7-34-8-6-21)23-18(12-20(26)13-30-23)14-32-16(3)22(35-24(32)33)17-9-15(2)10-19(11-17)25(27,28)29/h9-13,16,21-22H,4-8,14H2,1-3H3/t16-,22-/m0/s1. The fourth-order valence-corrected chi connectivity index (χ4v) is 5.29. The van der Waals surface area contributed by atoms with E-state index in [0.717, 1.165) is 47.4 Å². The number of benzene rings is 1. The maximum atomic E-state index is 13.4. The van der Waals surface area contributed by atoms with Gasteiger partial charge in [-0.25, -0.2) is 9.78 Å². The van der Waals surface area contributed by atoms with Crippen molar-refractivity contribution in [3.05, 3.63) is 57.2 Å². The number of cyclic esters (lactones) is 1. The SMILES string of the molecule is CCN(c1ncc(Br)cc1CN1C(=O)O[C@H](c2cc(C)cc(C(F)(F)F)c2)[C@@H]1C)C1CCOCC1. The molecule has 0 radical (unpaired) electrons. The number of aromatic nitrogens is 1. The molecule has 1 aromatic heterocycles. The van der Waals surface area contributed by atoms with E-state index in [1.54, 1.807) is 31.0 Å². The molecule has 6 nitrogen and oxygen atoms in total. The van der Waals surface area contributed by atoms with E-state index in [-0.39, 0.29) is 12.6 Å². The predicted octanol–water partition coefficient (Wildman–Crippen LogP) is 6.26. The van der Waals surface area contributed by atoms with Crippen LogP contribution in [0.3, 0.4) is 0 Å². The number of nitrogens with zero attached hydrogens (tertiary/aromatic N) is 3. The molecule has 10 heteroatoms. The van der Waals surface area contributed by atoms with Crippen molar-refractivity contribution in [3.63, 3.8) is 0 Å². The Morgan fingerprint density at radius 3 is 2.57 bits per heavy atom. The maximum absolute atomic E-state index is 13.4. The molecule has 0 bridgehead atoms. The van der Waals surface area contributed by atoms with Crippen molar-refractivity contribution < 1.29 is 27.4 Å². The second-order valence-corrected chi connectivity index (χ2v) is 9.98. The summed E-state index contributed by atoms with van der Waals surface area (Å²) in [5.41, 5.74) is 0.899. The Morgan fingerprint density at radius 1 is 1.20 bits per heavy atom. The molecule has 2 fully saturated rings. The molecule has 4 rings (SSSR count). The number of aryl methyl sites for hydroxylation is 1. The van der Waals surface area contributed by atoms with Crippen molar-refractivity contribution in [2.24, 2.45) is 0 Å². The lowest BCUT2D eigenvalue weighted by atomic mass is 9.98. The average molecular weight is 556 g/mol. The minimum absolute atomic E-state index is 0.232. The van der Waals surface area contributed by atoms with Gasteiger partial charge in [0, 0.05) is 42.0 Å². The first-order chi connectivity index (χ1) is 16.6. The zero-order chi connectivity index (χ0) is 25.3. The van der Waals surface area contributed by atoms with E-state index >= 15 is 0 Å². The van der Waals surface area contributed by atoms with Crippen LogP contribution in [0.1, 0.15) is 55.0 Å². The average Bonchev–Trinajstić information content (AvgIpc) is 3.09. The maximum Gasteiger partial charge on any atom is 0.416 e. The third-order valence-corrected chi connectivity index (χ3v) is 7.08. The predicted molar refractivity (Wildman–Crippen MR) is 129 cm³/mol. The molecule has 1 aromatic carbocycles. The van der Waals surface area contributed by atoms with Crippen LogP contribution in [-0.4, -0.2) is 47.8 Å². The highest BCUT2D eigenvalue weighted by Crippen LogP contribution is 2.38. The number of hydrogen-bond acceptors (Lipinski definition) is 5. The lowest BCUT2D eigenvalue weighted by molar-refractivity contribution is -0.137. The third kappa shape index (κ3) is 5.58. The molecule has 0 saturated carbocycles. The van der Waals surface area contributed by atoms with Crippen molar-refractivity contribution in [1.82, 2.24) is 9.88 Å². The Morgan fingerprint density at radius 2 is 1.91 bits per heavy atom. The van der Waals surface area contributed by atoms with Gasteiger partial charge in [-0.15, -0.1) is 0 Å². The molecule has 190 valence electrons. The molecular weight excluding hydrogens is 527 g/mol. The van der Waals surface area contributed by atoms with Gasteiger partial charge >= 0.3 is 12.3 Å². The quantitative estimate of drug-likeness (QED) is 0.421. The number of pyridine rings is 1. The van der Waals surface area contributed by atoms with Crippen molar-refractivity contribution >= 4 is 27.8 Å². The first-order valence-corrected chi connectivity index (χ1v) is 12.5. The summed E-state index contributed by atoms with van der Waals surface area (Å²) in [5, 5.41) is 0. The van der Waals surface area contributed by atoms with Crippen LogP contribution in [-0.2, 0) is 22.2 Å². The smallest absolute Gasteiger partial charge is 0.416 e. The number of hydrogen-bond donors (Lipinski definition) is 0. The first-order valence-electron chi connectivity index (χ1n) is 11.7. The van der Waals surface area contributed by atoms with Crippen molar-refractivity contribution in [1.29, 1.82) is 0 Å². The number of alkyl halides is 3. The highest BCUT2D eigenvalue weighted by Gasteiger charge is 2.41. The molecule has 0 spiro atoms. The van der Waals surface area contributed by atoms with Gasteiger partial charge in [0.05, 0.1) is 18.2 Å². The van der Waals surface area contributed by atoms with E-state index in [9.17, 15) is 18.0 Å². The second kappa shape index (κ2) is 10.3. The second-order valence-electron chi connectivity index (χ2n) is 9.07. The van der Waals surface area contributed by atoms with Crippen LogP contribution >= 0.6 is 15.9 Å². The molecular formula is C25H29BrF3N3O3. The Balaban J connectivity index is 1.61. The molecule has 2 saturated heterocycles. The Bertz CT molecular complexity index is 1080. The van der Waals surface area contributed by atoms with Crippen molar-refractivity contribution in [3.8, 4) is 0 Å². The number of rotatable bonds is 6. The van der Waals surface area contributed by atoms with Gasteiger partial charge < -0.3 is 14.4 Å². The normalized spacial score (nSPS) is 21.3. The number of carbonyl (C=O) groups is 1. The van der Waals surface area contributed by atoms with Gasteiger partial charge in [-0.1, -0.05) is 11.6 Å². The monoisotopic (exact) mass is 555 g/mol. The van der Waals surface area contributed by atoms with Gasteiger partial charge in [-0.2, -0.15) is 13.2 Å². The number of ether oxygens (including phenoxy) is 2. The van der Waals surface area contributed by atoms with E-state index in [4.69, 9.17) is 9.47 Å². The van der Waals surface area contributed by atoms with Crippen LogP contribution in [0.4, 0.5) is 23.8 Å². The van der Waals surface area contributed by atoms with Crippen molar-refractivity contribution in [2.45, 2.75) is 64.5 Å². The summed E-state index contributed by atoms with van der Waals surface area (Å²) in [6.45, 7) is 7.84. The molecule has 2 aromatic rings. The van der Waals surface area contributed by atoms with E-state index < -0.39 is 30.0 Å². The lowest BCUT2D eigenvalue weighted by Gasteiger charge is -2.36. The summed E-state index contributed by atoms with van der Waals surface area (Å²) in [5.74, 6) is 0.793. The summed E-state index contributed by atoms with van der Waals surface area (Å²) < 4.78 is 52.0. The van der Waals surface area contributed by atoms with Crippen LogP contribution < -0.4 is 4.90 Å². The summed E-state index contributed by atoms with van der Waals surface area (Å²) in [6.07, 6.45) is -2.31. The molecule has 0 N–H and O–H groups in total. The summed E-state index contributed by atoms with van der Waals surface area (Å²) in [7, 11) is 0. The molecule has 0 unspecified atom stereocenters. The number of amides is 1. The van der Waals surface area contributed by atoms with Crippen LogP contribution in [0.15, 0.2) is 34.9 Å². The van der Waals surface area contributed by atoms with Crippen molar-refractivity contribution in [2.75, 3.05) is 24.7 Å². The van der Waals surface area contributed by atoms with Crippen LogP contribution in [0.25, 0.3) is 0 Å². The van der Waals surface area contributed by atoms with Crippen LogP contribution in [0, 0.1) is 6.92 Å². The minimum Gasteiger partial charge on any atom is -0.439 e. The first kappa shape index (κ1) is 25.8. The van der Waals surface area contributed by atoms with Gasteiger partial charge in [0.25, 0.3) is 0 Å². The highest BCUT2D eigenvalue weighted by atomic mass is 79.9. The summed E-state index contributed by atoms with van der Waals surface area (Å²) in [6, 6.07) is 5.56. The molecule has 2 aliphatic heterocycles. The van der Waals surface area contributed by atoms with Crippen LogP contribution in [0.5, 0.6) is 0 Å². The molecule has 2 atom stereocenters. The molecule has 0 aliphatic carbocycles. The topological polar surface area (TPSA) is 54.9 Å². The number of anilines is 1. The van der Waals surface area contributed by atoms with E-state index in [0.29, 0.717) is 24.3 Å². The van der Waals surface area contributed by atoms with E-state index in [1.807, 2.05) is 6.07 Å². The lowest BCUT2D eigenvalue weighted by Crippen LogP contribution is -2.41. The third-order valence-electron chi connectivity index (χ3n) is 6.64. The van der Waals surface area contributed by atoms with Gasteiger partial charge in [-0.05, 0) is 73.3 Å². The Labute approximate surface area is 211 Å². The van der Waals surface area contributed by atoms with E-state index in [2.05, 4.69) is 32.7 Å². The fourth-order valence-electron chi connectivity index (χ4n) is 4.91. The van der Waals surface area contributed by atoms with Gasteiger partial charge in [0.2, 0.25) is 0 Å². The largest absolute Gasteiger partial charge is 0.439 e. The zero-order valence-corrected chi connectivity index (χ0v) is 21.5. The Kier molecular flexibility index (Phi) is 7.61.